The highest BCUT2D eigenvalue weighted by atomic mass is 19.2. The third-order valence-corrected chi connectivity index (χ3v) is 6.11. The number of benzene rings is 2. The average Bonchev–Trinajstić information content (AvgIpc) is 3.40. The summed E-state index contributed by atoms with van der Waals surface area (Å²) in [6, 6.07) is 9.69. The van der Waals surface area contributed by atoms with Crippen molar-refractivity contribution in [3.05, 3.63) is 77.4 Å². The topological polar surface area (TPSA) is 82.5 Å². The van der Waals surface area contributed by atoms with Gasteiger partial charge in [0.25, 0.3) is 0 Å². The first-order chi connectivity index (χ1) is 16.3. The molecule has 2 aliphatic heterocycles. The molecule has 0 spiro atoms. The lowest BCUT2D eigenvalue weighted by atomic mass is 10.1. The number of amides is 4. The van der Waals surface area contributed by atoms with Crippen molar-refractivity contribution in [1.29, 1.82) is 0 Å². The number of anilines is 2. The minimum absolute atomic E-state index is 0.119. The zero-order valence-corrected chi connectivity index (χ0v) is 18.1. The van der Waals surface area contributed by atoms with Crippen LogP contribution in [0.25, 0.3) is 0 Å². The molecule has 3 aromatic rings. The molecule has 2 aliphatic rings. The molecule has 2 atom stereocenters. The lowest BCUT2D eigenvalue weighted by molar-refractivity contribution is 0.161. The molecule has 2 aromatic carbocycles. The van der Waals surface area contributed by atoms with E-state index in [1.807, 2.05) is 37.3 Å². The quantitative estimate of drug-likeness (QED) is 0.568. The van der Waals surface area contributed by atoms with Crippen molar-refractivity contribution in [2.24, 2.45) is 0 Å². The van der Waals surface area contributed by atoms with Gasteiger partial charge in [-0.3, -0.25) is 9.58 Å². The second-order valence-electron chi connectivity index (χ2n) is 8.34. The molecule has 0 saturated carbocycles. The van der Waals surface area contributed by atoms with Crippen LogP contribution in [0, 0.1) is 17.5 Å². The summed E-state index contributed by atoms with van der Waals surface area (Å²) in [6.07, 6.45) is 1.60. The number of hydrogen-bond acceptors (Lipinski definition) is 3. The summed E-state index contributed by atoms with van der Waals surface area (Å²) in [4.78, 5) is 28.7. The number of nitrogens with zero attached hydrogens (tertiary/aromatic N) is 4. The maximum absolute atomic E-state index is 13.5. The molecule has 176 valence electrons. The fourth-order valence-electron chi connectivity index (χ4n) is 4.33. The van der Waals surface area contributed by atoms with Crippen molar-refractivity contribution in [2.75, 3.05) is 16.8 Å². The Morgan fingerprint density at radius 3 is 2.53 bits per heavy atom. The molecule has 1 aromatic heterocycles. The Morgan fingerprint density at radius 1 is 1.12 bits per heavy atom. The monoisotopic (exact) mass is 470 g/mol. The van der Waals surface area contributed by atoms with Crippen LogP contribution in [0.3, 0.4) is 0 Å². The van der Waals surface area contributed by atoms with Crippen LogP contribution in [0.1, 0.15) is 24.2 Å². The van der Waals surface area contributed by atoms with Crippen molar-refractivity contribution >= 4 is 23.4 Å². The Balaban J connectivity index is 1.36. The number of rotatable bonds is 3. The number of hydrogen-bond donors (Lipinski definition) is 2. The van der Waals surface area contributed by atoms with Gasteiger partial charge in [-0.15, -0.1) is 0 Å². The summed E-state index contributed by atoms with van der Waals surface area (Å²) >= 11 is 0. The van der Waals surface area contributed by atoms with Crippen LogP contribution in [0.4, 0.5) is 34.1 Å². The number of urea groups is 2. The summed E-state index contributed by atoms with van der Waals surface area (Å²) in [5.74, 6) is -4.39. The van der Waals surface area contributed by atoms with Crippen LogP contribution in [0.15, 0.2) is 48.7 Å². The molecule has 0 bridgehead atoms. The summed E-state index contributed by atoms with van der Waals surface area (Å²) in [6.45, 7) is 2.70. The van der Waals surface area contributed by atoms with E-state index in [2.05, 4.69) is 15.7 Å². The zero-order valence-electron chi connectivity index (χ0n) is 18.1. The van der Waals surface area contributed by atoms with Gasteiger partial charge in [0.1, 0.15) is 0 Å². The van der Waals surface area contributed by atoms with E-state index in [4.69, 9.17) is 0 Å². The molecular weight excluding hydrogens is 449 g/mol. The molecule has 8 nitrogen and oxygen atoms in total. The first-order valence-electron chi connectivity index (χ1n) is 10.7. The fourth-order valence-corrected chi connectivity index (χ4v) is 4.33. The van der Waals surface area contributed by atoms with Crippen molar-refractivity contribution in [3.63, 3.8) is 0 Å². The maximum Gasteiger partial charge on any atom is 0.322 e. The molecule has 0 radical (unpaired) electrons. The van der Waals surface area contributed by atoms with Crippen LogP contribution in [0.2, 0.25) is 0 Å². The molecule has 0 aliphatic carbocycles. The molecule has 2 N–H and O–H groups in total. The van der Waals surface area contributed by atoms with Crippen LogP contribution in [-0.2, 0) is 13.1 Å². The minimum Gasteiger partial charge on any atom is -0.329 e. The molecule has 34 heavy (non-hydrogen) atoms. The molecule has 1 fully saturated rings. The SMILES string of the molecule is C[C@H]1Cn2ncc(N3CC(c4ccccc4)NC3=O)c2CN1C(=O)Nc1cc(F)c(F)c(F)c1. The zero-order chi connectivity index (χ0) is 24.0. The molecule has 1 unspecified atom stereocenters. The molecule has 1 saturated heterocycles. The standard InChI is InChI=1S/C23H21F3N6O2/c1-13-10-32-20(12-30(13)22(33)28-15-7-16(24)21(26)17(25)8-15)19(9-27-32)31-11-18(29-23(31)34)14-5-3-2-4-6-14/h2-9,13,18H,10-12H2,1H3,(H,28,33)(H,29,34)/t13-,18?/m0/s1. The van der Waals surface area contributed by atoms with E-state index in [0.717, 1.165) is 17.7 Å². The number of carbonyl (C=O) groups is 2. The maximum atomic E-state index is 13.5. The van der Waals surface area contributed by atoms with E-state index in [-0.39, 0.29) is 30.3 Å². The van der Waals surface area contributed by atoms with Crippen LogP contribution < -0.4 is 15.5 Å². The molecular formula is C23H21F3N6O2. The van der Waals surface area contributed by atoms with Gasteiger partial charge in [0.2, 0.25) is 0 Å². The van der Waals surface area contributed by atoms with E-state index in [1.54, 1.807) is 15.8 Å². The largest absolute Gasteiger partial charge is 0.329 e. The van der Waals surface area contributed by atoms with Gasteiger partial charge in [-0.2, -0.15) is 5.10 Å². The Labute approximate surface area is 192 Å². The van der Waals surface area contributed by atoms with Crippen molar-refractivity contribution in [2.45, 2.75) is 32.1 Å². The van der Waals surface area contributed by atoms with Crippen molar-refractivity contribution < 1.29 is 22.8 Å². The second kappa shape index (κ2) is 8.40. The van der Waals surface area contributed by atoms with Crippen LogP contribution >= 0.6 is 0 Å². The van der Waals surface area contributed by atoms with Crippen LogP contribution in [0.5, 0.6) is 0 Å². The summed E-state index contributed by atoms with van der Waals surface area (Å²) in [7, 11) is 0. The molecule has 5 rings (SSSR count). The first kappa shape index (κ1) is 21.8. The highest BCUT2D eigenvalue weighted by Crippen LogP contribution is 2.32. The lowest BCUT2D eigenvalue weighted by Gasteiger charge is -2.34. The third kappa shape index (κ3) is 3.82. The Bertz CT molecular complexity index is 1240. The highest BCUT2D eigenvalue weighted by molar-refractivity contribution is 5.95. The van der Waals surface area contributed by atoms with E-state index in [1.165, 1.54) is 4.90 Å². The van der Waals surface area contributed by atoms with Gasteiger partial charge in [0.15, 0.2) is 17.5 Å². The molecule has 4 amide bonds. The second-order valence-corrected chi connectivity index (χ2v) is 8.34. The average molecular weight is 470 g/mol. The number of carbonyl (C=O) groups excluding carboxylic acids is 2. The summed E-state index contributed by atoms with van der Waals surface area (Å²) in [5, 5.41) is 9.77. The van der Waals surface area contributed by atoms with Gasteiger partial charge in [-0.1, -0.05) is 30.3 Å². The van der Waals surface area contributed by atoms with Crippen molar-refractivity contribution in [3.8, 4) is 0 Å². The minimum atomic E-state index is -1.60. The van der Waals surface area contributed by atoms with Crippen LogP contribution in [-0.4, -0.2) is 39.3 Å². The molecule has 11 heteroatoms. The highest BCUT2D eigenvalue weighted by Gasteiger charge is 2.36. The van der Waals surface area contributed by atoms with Gasteiger partial charge < -0.3 is 15.5 Å². The summed E-state index contributed by atoms with van der Waals surface area (Å²) < 4.78 is 42.1. The predicted octanol–water partition coefficient (Wildman–Crippen LogP) is 4.01. The van der Waals surface area contributed by atoms with Gasteiger partial charge in [0.05, 0.1) is 49.3 Å². The number of nitrogens with one attached hydrogen (secondary N) is 2. The molecule has 3 heterocycles. The third-order valence-electron chi connectivity index (χ3n) is 6.11. The van der Waals surface area contributed by atoms with Gasteiger partial charge >= 0.3 is 12.1 Å². The number of aromatic nitrogens is 2. The Hall–Kier alpha value is -4.02. The van der Waals surface area contributed by atoms with E-state index < -0.39 is 23.5 Å². The van der Waals surface area contributed by atoms with Crippen molar-refractivity contribution in [1.82, 2.24) is 20.0 Å². The number of halogens is 3. The smallest absolute Gasteiger partial charge is 0.322 e. The Morgan fingerprint density at radius 2 is 1.82 bits per heavy atom. The van der Waals surface area contributed by atoms with E-state index >= 15 is 0 Å². The van der Waals surface area contributed by atoms with Gasteiger partial charge in [-0.05, 0) is 12.5 Å². The predicted molar refractivity (Wildman–Crippen MR) is 118 cm³/mol. The van der Waals surface area contributed by atoms with Gasteiger partial charge in [0, 0.05) is 17.8 Å². The summed E-state index contributed by atoms with van der Waals surface area (Å²) in [5.41, 5.74) is 2.03. The van der Waals surface area contributed by atoms with E-state index in [0.29, 0.717) is 24.5 Å². The lowest BCUT2D eigenvalue weighted by Crippen LogP contribution is -2.47. The number of fused-ring (bicyclic) bond motifs is 1. The fraction of sp³-hybridized carbons (Fsp3) is 0.261. The normalized spacial score (nSPS) is 19.7. The Kier molecular flexibility index (Phi) is 5.39. The van der Waals surface area contributed by atoms with Gasteiger partial charge in [-0.25, -0.2) is 22.8 Å². The first-order valence-corrected chi connectivity index (χ1v) is 10.7. The van der Waals surface area contributed by atoms with E-state index in [9.17, 15) is 22.8 Å².